The first-order valence-corrected chi connectivity index (χ1v) is 9.74. The van der Waals surface area contributed by atoms with E-state index >= 15 is 0 Å². The second-order valence-corrected chi connectivity index (χ2v) is 7.75. The van der Waals surface area contributed by atoms with Gasteiger partial charge in [0.25, 0.3) is 0 Å². The SMILES string of the molecule is O=C1CCCC[C@@H]2[C@@H](N1)[C@H](c1cccc(F)c1)CN2Cc1ccc(F)c(F)c1. The van der Waals surface area contributed by atoms with E-state index in [1.807, 2.05) is 6.07 Å². The molecular formula is C22H23F3N2O. The lowest BCUT2D eigenvalue weighted by atomic mass is 9.88. The van der Waals surface area contributed by atoms with E-state index in [0.717, 1.165) is 30.9 Å². The summed E-state index contributed by atoms with van der Waals surface area (Å²) in [4.78, 5) is 14.5. The van der Waals surface area contributed by atoms with Gasteiger partial charge >= 0.3 is 0 Å². The van der Waals surface area contributed by atoms with Gasteiger partial charge in [-0.25, -0.2) is 13.2 Å². The Balaban J connectivity index is 1.64. The zero-order valence-corrected chi connectivity index (χ0v) is 15.5. The van der Waals surface area contributed by atoms with Crippen LogP contribution in [0.1, 0.15) is 42.7 Å². The van der Waals surface area contributed by atoms with E-state index < -0.39 is 11.6 Å². The summed E-state index contributed by atoms with van der Waals surface area (Å²) >= 11 is 0. The molecule has 6 heteroatoms. The lowest BCUT2D eigenvalue weighted by Crippen LogP contribution is -2.47. The van der Waals surface area contributed by atoms with Gasteiger partial charge < -0.3 is 5.32 Å². The maximum absolute atomic E-state index is 13.8. The van der Waals surface area contributed by atoms with Gasteiger partial charge in [0.05, 0.1) is 6.04 Å². The lowest BCUT2D eigenvalue weighted by Gasteiger charge is -2.31. The van der Waals surface area contributed by atoms with Crippen LogP contribution in [0.3, 0.4) is 0 Å². The quantitative estimate of drug-likeness (QED) is 0.858. The molecule has 3 atom stereocenters. The molecule has 2 aromatic carbocycles. The maximum atomic E-state index is 13.8. The van der Waals surface area contributed by atoms with Crippen molar-refractivity contribution in [2.75, 3.05) is 6.54 Å². The predicted octanol–water partition coefficient (Wildman–Crippen LogP) is 4.13. The number of rotatable bonds is 3. The van der Waals surface area contributed by atoms with Crippen LogP contribution in [-0.4, -0.2) is 29.4 Å². The Kier molecular flexibility index (Phi) is 5.40. The topological polar surface area (TPSA) is 32.3 Å². The van der Waals surface area contributed by atoms with Crippen LogP contribution in [0.2, 0.25) is 0 Å². The van der Waals surface area contributed by atoms with Gasteiger partial charge in [0.1, 0.15) is 5.82 Å². The van der Waals surface area contributed by atoms with Gasteiger partial charge in [-0.1, -0.05) is 24.6 Å². The average molecular weight is 388 g/mol. The van der Waals surface area contributed by atoms with E-state index in [1.54, 1.807) is 12.1 Å². The zero-order chi connectivity index (χ0) is 19.7. The van der Waals surface area contributed by atoms with Crippen LogP contribution < -0.4 is 5.32 Å². The van der Waals surface area contributed by atoms with Crippen molar-refractivity contribution < 1.29 is 18.0 Å². The molecule has 0 unspecified atom stereocenters. The molecule has 4 rings (SSSR count). The fourth-order valence-corrected chi connectivity index (χ4v) is 4.56. The average Bonchev–Trinajstić information content (AvgIpc) is 2.96. The molecule has 1 amide bonds. The molecule has 2 fully saturated rings. The summed E-state index contributed by atoms with van der Waals surface area (Å²) in [5, 5.41) is 3.15. The molecule has 28 heavy (non-hydrogen) atoms. The highest BCUT2D eigenvalue weighted by molar-refractivity contribution is 5.76. The molecule has 0 aliphatic carbocycles. The van der Waals surface area contributed by atoms with Crippen molar-refractivity contribution in [3.05, 3.63) is 71.0 Å². The first kappa shape index (κ1) is 19.0. The number of amides is 1. The fourth-order valence-electron chi connectivity index (χ4n) is 4.56. The molecule has 3 nitrogen and oxygen atoms in total. The number of fused-ring (bicyclic) bond motifs is 1. The van der Waals surface area contributed by atoms with Crippen molar-refractivity contribution >= 4 is 5.91 Å². The number of nitrogens with one attached hydrogen (secondary N) is 1. The molecule has 2 aliphatic heterocycles. The van der Waals surface area contributed by atoms with Crippen molar-refractivity contribution in [3.63, 3.8) is 0 Å². The molecule has 2 aromatic rings. The number of hydrogen-bond donors (Lipinski definition) is 1. The second-order valence-electron chi connectivity index (χ2n) is 7.75. The summed E-state index contributed by atoms with van der Waals surface area (Å²) in [6.45, 7) is 1.08. The fraction of sp³-hybridized carbons (Fsp3) is 0.409. The first-order chi connectivity index (χ1) is 13.5. The maximum Gasteiger partial charge on any atom is 0.220 e. The van der Waals surface area contributed by atoms with Gasteiger partial charge in [0, 0.05) is 31.5 Å². The highest BCUT2D eigenvalue weighted by atomic mass is 19.2. The van der Waals surface area contributed by atoms with Crippen molar-refractivity contribution in [2.45, 2.75) is 50.2 Å². The standard InChI is InChI=1S/C22H23F3N2O/c23-16-5-3-4-15(11-16)17-13-27(12-14-8-9-18(24)19(25)10-14)20-6-1-2-7-21(28)26-22(17)20/h3-5,8-11,17,20,22H,1-2,6-7,12-13H2,(H,26,28)/t17-,20+,22-/m0/s1. The summed E-state index contributed by atoms with van der Waals surface area (Å²) in [5.74, 6) is -2.05. The Morgan fingerprint density at radius 3 is 2.68 bits per heavy atom. The number of carbonyl (C=O) groups excluding carboxylic acids is 1. The highest BCUT2D eigenvalue weighted by Gasteiger charge is 2.43. The Morgan fingerprint density at radius 1 is 1.04 bits per heavy atom. The van der Waals surface area contributed by atoms with Crippen LogP contribution in [0.15, 0.2) is 42.5 Å². The Labute approximate surface area is 162 Å². The van der Waals surface area contributed by atoms with E-state index in [0.29, 0.717) is 25.1 Å². The largest absolute Gasteiger partial charge is 0.351 e. The van der Waals surface area contributed by atoms with Gasteiger partial charge in [0.2, 0.25) is 5.91 Å². The minimum atomic E-state index is -0.862. The molecule has 0 saturated carbocycles. The number of benzene rings is 2. The molecule has 0 aromatic heterocycles. The second kappa shape index (κ2) is 7.95. The third-order valence-electron chi connectivity index (χ3n) is 5.88. The Hall–Kier alpha value is -2.34. The highest BCUT2D eigenvalue weighted by Crippen LogP contribution is 2.36. The first-order valence-electron chi connectivity index (χ1n) is 9.74. The normalized spacial score (nSPS) is 25.7. The van der Waals surface area contributed by atoms with Gasteiger partial charge in [-0.15, -0.1) is 0 Å². The van der Waals surface area contributed by atoms with Gasteiger partial charge in [0.15, 0.2) is 11.6 Å². The summed E-state index contributed by atoms with van der Waals surface area (Å²) in [6.07, 6.45) is 3.17. The smallest absolute Gasteiger partial charge is 0.220 e. The van der Waals surface area contributed by atoms with E-state index in [9.17, 15) is 18.0 Å². The number of halogens is 3. The number of nitrogens with zero attached hydrogens (tertiary/aromatic N) is 1. The summed E-state index contributed by atoms with van der Waals surface area (Å²) < 4.78 is 40.7. The summed E-state index contributed by atoms with van der Waals surface area (Å²) in [7, 11) is 0. The molecular weight excluding hydrogens is 365 g/mol. The molecule has 2 aliphatic rings. The summed E-state index contributed by atoms with van der Waals surface area (Å²) in [6, 6.07) is 10.4. The minimum absolute atomic E-state index is 0.0192. The third kappa shape index (κ3) is 3.92. The molecule has 2 heterocycles. The van der Waals surface area contributed by atoms with Crippen molar-refractivity contribution in [3.8, 4) is 0 Å². The molecule has 148 valence electrons. The predicted molar refractivity (Wildman–Crippen MR) is 100 cm³/mol. The van der Waals surface area contributed by atoms with Gasteiger partial charge in [-0.3, -0.25) is 9.69 Å². The van der Waals surface area contributed by atoms with Crippen LogP contribution in [-0.2, 0) is 11.3 Å². The number of likely N-dealkylation sites (tertiary alicyclic amines) is 1. The Morgan fingerprint density at radius 2 is 1.89 bits per heavy atom. The molecule has 1 N–H and O–H groups in total. The van der Waals surface area contributed by atoms with Crippen molar-refractivity contribution in [1.29, 1.82) is 0 Å². The molecule has 0 bridgehead atoms. The van der Waals surface area contributed by atoms with E-state index in [2.05, 4.69) is 10.2 Å². The van der Waals surface area contributed by atoms with E-state index in [1.165, 1.54) is 18.2 Å². The van der Waals surface area contributed by atoms with E-state index in [4.69, 9.17) is 0 Å². The molecule has 0 spiro atoms. The Bertz CT molecular complexity index is 873. The molecule has 2 saturated heterocycles. The van der Waals surface area contributed by atoms with Crippen LogP contribution in [0.5, 0.6) is 0 Å². The van der Waals surface area contributed by atoms with Gasteiger partial charge in [-0.05, 0) is 48.2 Å². The zero-order valence-electron chi connectivity index (χ0n) is 15.5. The van der Waals surface area contributed by atoms with Crippen molar-refractivity contribution in [2.24, 2.45) is 0 Å². The molecule has 0 radical (unpaired) electrons. The van der Waals surface area contributed by atoms with Crippen LogP contribution in [0.4, 0.5) is 13.2 Å². The number of hydrogen-bond acceptors (Lipinski definition) is 2. The van der Waals surface area contributed by atoms with Crippen LogP contribution >= 0.6 is 0 Å². The number of carbonyl (C=O) groups is 1. The monoisotopic (exact) mass is 388 g/mol. The van der Waals surface area contributed by atoms with Crippen LogP contribution in [0, 0.1) is 17.5 Å². The van der Waals surface area contributed by atoms with Crippen LogP contribution in [0.25, 0.3) is 0 Å². The van der Waals surface area contributed by atoms with Gasteiger partial charge in [-0.2, -0.15) is 0 Å². The van der Waals surface area contributed by atoms with E-state index in [-0.39, 0.29) is 29.7 Å². The minimum Gasteiger partial charge on any atom is -0.351 e. The summed E-state index contributed by atoms with van der Waals surface area (Å²) in [5.41, 5.74) is 1.54. The lowest BCUT2D eigenvalue weighted by molar-refractivity contribution is -0.122. The third-order valence-corrected chi connectivity index (χ3v) is 5.88. The van der Waals surface area contributed by atoms with Crippen molar-refractivity contribution in [1.82, 2.24) is 10.2 Å².